The Bertz CT molecular complexity index is 1930. The summed E-state index contributed by atoms with van der Waals surface area (Å²) in [5, 5.41) is 4.69. The fourth-order valence-corrected chi connectivity index (χ4v) is 7.40. The molecule has 0 aliphatic carbocycles. The summed E-state index contributed by atoms with van der Waals surface area (Å²) >= 11 is 0. The van der Waals surface area contributed by atoms with Crippen molar-refractivity contribution in [2.24, 2.45) is 0 Å². The fraction of sp³-hybridized carbons (Fsp3) is 0.368. The van der Waals surface area contributed by atoms with E-state index >= 15 is 0 Å². The fourth-order valence-electron chi connectivity index (χ4n) is 7.40. The molecule has 3 aromatic heterocycles. The summed E-state index contributed by atoms with van der Waals surface area (Å²) in [6.45, 7) is 11.0. The first kappa shape index (κ1) is 29.8. The number of aromatic nitrogens is 3. The van der Waals surface area contributed by atoms with Crippen LogP contribution in [0.3, 0.4) is 0 Å². The highest BCUT2D eigenvalue weighted by atomic mass is 16.4. The number of nitrogens with zero attached hydrogens (tertiary/aromatic N) is 6. The number of amides is 1. The number of fused-ring (bicyclic) bond motifs is 2. The number of likely N-dealkylation sites (tertiary alicyclic amines) is 2. The average molecular weight is 628 g/mol. The lowest BCUT2D eigenvalue weighted by molar-refractivity contribution is -0.133. The molecular formula is C38H41N7O2. The van der Waals surface area contributed by atoms with Crippen LogP contribution in [-0.2, 0) is 24.4 Å². The predicted molar refractivity (Wildman–Crippen MR) is 184 cm³/mol. The zero-order valence-electron chi connectivity index (χ0n) is 27.3. The van der Waals surface area contributed by atoms with E-state index in [9.17, 15) is 4.79 Å². The van der Waals surface area contributed by atoms with Gasteiger partial charge >= 0.3 is 0 Å². The Morgan fingerprint density at radius 1 is 0.851 bits per heavy atom. The van der Waals surface area contributed by atoms with E-state index in [1.807, 2.05) is 23.4 Å². The smallest absolute Gasteiger partial charge is 0.237 e. The van der Waals surface area contributed by atoms with E-state index in [2.05, 4.69) is 76.4 Å². The largest absolute Gasteiger partial charge is 0.439 e. The molecule has 3 aliphatic rings. The van der Waals surface area contributed by atoms with Crippen LogP contribution in [0.1, 0.15) is 53.8 Å². The Hall–Kier alpha value is -4.60. The van der Waals surface area contributed by atoms with Crippen LogP contribution >= 0.6 is 0 Å². The monoisotopic (exact) mass is 627 g/mol. The molecule has 2 aromatic carbocycles. The topological polar surface area (TPSA) is 90.6 Å². The van der Waals surface area contributed by atoms with E-state index in [0.717, 1.165) is 81.3 Å². The molecule has 8 rings (SSSR count). The van der Waals surface area contributed by atoms with Gasteiger partial charge in [-0.3, -0.25) is 19.6 Å². The Morgan fingerprint density at radius 3 is 2.36 bits per heavy atom. The SMILES string of the molecule is Cc1c(Nc2nccc3cc(CN4CCCC4)cnc23)cccc1-c1cccc(-c2nc3c(o2)CN(C(=O)CN2CCCC2)C3)c1C. The molecule has 2 saturated heterocycles. The average Bonchev–Trinajstić information content (AvgIpc) is 3.89. The molecule has 6 heterocycles. The molecule has 240 valence electrons. The van der Waals surface area contributed by atoms with Gasteiger partial charge in [-0.05, 0) is 118 Å². The zero-order chi connectivity index (χ0) is 31.9. The first-order chi connectivity index (χ1) is 23.0. The third-order valence-electron chi connectivity index (χ3n) is 10.1. The third-order valence-corrected chi connectivity index (χ3v) is 10.1. The number of pyridine rings is 2. The second-order valence-corrected chi connectivity index (χ2v) is 13.3. The van der Waals surface area contributed by atoms with E-state index < -0.39 is 0 Å². The van der Waals surface area contributed by atoms with Crippen molar-refractivity contribution in [2.75, 3.05) is 38.0 Å². The molecule has 5 aromatic rings. The van der Waals surface area contributed by atoms with Crippen LogP contribution in [-0.4, -0.2) is 68.3 Å². The zero-order valence-corrected chi connectivity index (χ0v) is 27.3. The van der Waals surface area contributed by atoms with Crippen molar-refractivity contribution < 1.29 is 9.21 Å². The summed E-state index contributed by atoms with van der Waals surface area (Å²) in [5.41, 5.74) is 9.41. The summed E-state index contributed by atoms with van der Waals surface area (Å²) in [6, 6.07) is 16.9. The third kappa shape index (κ3) is 5.90. The van der Waals surface area contributed by atoms with Gasteiger partial charge in [-0.1, -0.05) is 24.3 Å². The lowest BCUT2D eigenvalue weighted by atomic mass is 9.93. The van der Waals surface area contributed by atoms with Crippen molar-refractivity contribution in [3.05, 3.63) is 89.1 Å². The number of anilines is 2. The van der Waals surface area contributed by atoms with Crippen molar-refractivity contribution >= 4 is 28.3 Å². The summed E-state index contributed by atoms with van der Waals surface area (Å²) in [4.78, 5) is 33.9. The summed E-state index contributed by atoms with van der Waals surface area (Å²) in [5.74, 6) is 2.31. The minimum absolute atomic E-state index is 0.153. The predicted octanol–water partition coefficient (Wildman–Crippen LogP) is 6.85. The summed E-state index contributed by atoms with van der Waals surface area (Å²) in [7, 11) is 0. The summed E-state index contributed by atoms with van der Waals surface area (Å²) < 4.78 is 6.30. The van der Waals surface area contributed by atoms with E-state index in [4.69, 9.17) is 14.4 Å². The lowest BCUT2D eigenvalue weighted by Crippen LogP contribution is -2.36. The van der Waals surface area contributed by atoms with Crippen LogP contribution in [0.4, 0.5) is 11.5 Å². The van der Waals surface area contributed by atoms with E-state index in [0.29, 0.717) is 25.5 Å². The molecule has 0 unspecified atom stereocenters. The molecular weight excluding hydrogens is 586 g/mol. The first-order valence-electron chi connectivity index (χ1n) is 16.9. The van der Waals surface area contributed by atoms with Gasteiger partial charge in [0, 0.05) is 35.6 Å². The second-order valence-electron chi connectivity index (χ2n) is 13.3. The molecule has 9 heteroatoms. The second kappa shape index (κ2) is 12.5. The van der Waals surface area contributed by atoms with Gasteiger partial charge in [0.25, 0.3) is 0 Å². The van der Waals surface area contributed by atoms with Crippen LogP contribution in [0.5, 0.6) is 0 Å². The highest BCUT2D eigenvalue weighted by Crippen LogP contribution is 2.38. The van der Waals surface area contributed by atoms with Gasteiger partial charge in [0.2, 0.25) is 11.8 Å². The van der Waals surface area contributed by atoms with Gasteiger partial charge in [0.15, 0.2) is 5.82 Å². The van der Waals surface area contributed by atoms with E-state index in [-0.39, 0.29) is 5.91 Å². The number of carbonyl (C=O) groups is 1. The van der Waals surface area contributed by atoms with Crippen LogP contribution < -0.4 is 5.32 Å². The Balaban J connectivity index is 1.02. The molecule has 1 N–H and O–H groups in total. The maximum Gasteiger partial charge on any atom is 0.237 e. The molecule has 1 amide bonds. The quantitative estimate of drug-likeness (QED) is 0.200. The van der Waals surface area contributed by atoms with Crippen LogP contribution in [0, 0.1) is 13.8 Å². The molecule has 47 heavy (non-hydrogen) atoms. The number of benzene rings is 2. The van der Waals surface area contributed by atoms with Crippen molar-refractivity contribution in [3.63, 3.8) is 0 Å². The van der Waals surface area contributed by atoms with Crippen LogP contribution in [0.25, 0.3) is 33.5 Å². The van der Waals surface area contributed by atoms with Gasteiger partial charge in [0.1, 0.15) is 17.0 Å². The van der Waals surface area contributed by atoms with Crippen molar-refractivity contribution in [1.82, 2.24) is 29.7 Å². The van der Waals surface area contributed by atoms with E-state index in [1.54, 1.807) is 0 Å². The highest BCUT2D eigenvalue weighted by Gasteiger charge is 2.31. The van der Waals surface area contributed by atoms with Crippen molar-refractivity contribution in [1.29, 1.82) is 0 Å². The Labute approximate surface area is 275 Å². The van der Waals surface area contributed by atoms with Crippen molar-refractivity contribution in [3.8, 4) is 22.6 Å². The molecule has 0 saturated carbocycles. The number of oxazole rings is 1. The first-order valence-corrected chi connectivity index (χ1v) is 16.9. The maximum atomic E-state index is 12.9. The molecule has 2 fully saturated rings. The minimum Gasteiger partial charge on any atom is -0.439 e. The molecule has 0 atom stereocenters. The minimum atomic E-state index is 0.153. The number of hydrogen-bond donors (Lipinski definition) is 1. The Morgan fingerprint density at radius 2 is 1.57 bits per heavy atom. The maximum absolute atomic E-state index is 12.9. The van der Waals surface area contributed by atoms with Gasteiger partial charge in [-0.25, -0.2) is 9.97 Å². The van der Waals surface area contributed by atoms with Crippen molar-refractivity contribution in [2.45, 2.75) is 59.2 Å². The van der Waals surface area contributed by atoms with E-state index in [1.165, 1.54) is 44.3 Å². The van der Waals surface area contributed by atoms with Gasteiger partial charge in [-0.15, -0.1) is 0 Å². The molecule has 0 bridgehead atoms. The molecule has 0 radical (unpaired) electrons. The van der Waals surface area contributed by atoms with Gasteiger partial charge < -0.3 is 14.6 Å². The molecule has 0 spiro atoms. The number of carbonyl (C=O) groups excluding carboxylic acids is 1. The van der Waals surface area contributed by atoms with Gasteiger partial charge in [-0.2, -0.15) is 0 Å². The normalized spacial score (nSPS) is 16.8. The number of rotatable bonds is 8. The number of hydrogen-bond acceptors (Lipinski definition) is 8. The Kier molecular flexibility index (Phi) is 7.95. The summed E-state index contributed by atoms with van der Waals surface area (Å²) in [6.07, 6.45) is 8.77. The molecule has 3 aliphatic heterocycles. The highest BCUT2D eigenvalue weighted by molar-refractivity contribution is 5.91. The van der Waals surface area contributed by atoms with Gasteiger partial charge in [0.05, 0.1) is 19.6 Å². The van der Waals surface area contributed by atoms with Crippen LogP contribution in [0.15, 0.2) is 65.3 Å². The lowest BCUT2D eigenvalue weighted by Gasteiger charge is -2.20. The van der Waals surface area contributed by atoms with Crippen LogP contribution in [0.2, 0.25) is 0 Å². The standard InChI is InChI=1S/C38H41N7O2/c1-25-29(9-7-11-31(25)38-42-33-22-45(23-34(33)47-38)35(46)24-44-17-5-6-18-44)30-10-8-12-32(26(30)2)41-37-36-28(13-14-39-37)19-27(20-40-36)21-43-15-3-4-16-43/h7-14,19-20H,3-6,15-18,21-24H2,1-2H3,(H,39,41). The molecule has 9 nitrogen and oxygen atoms in total. The number of nitrogens with one attached hydrogen (secondary N) is 1.